The fourth-order valence-corrected chi connectivity index (χ4v) is 7.72. The molecule has 3 aromatic rings. The van der Waals surface area contributed by atoms with Crippen molar-refractivity contribution in [3.8, 4) is 0 Å². The molecule has 0 aliphatic carbocycles. The lowest BCUT2D eigenvalue weighted by molar-refractivity contribution is 0.0170. The number of carbonyl (C=O) groups is 1. The third-order valence-corrected chi connectivity index (χ3v) is 11.2. The minimum Gasteiger partial charge on any atom is -0.395 e. The molecule has 0 atom stereocenters. The number of amides is 1. The highest BCUT2D eigenvalue weighted by atomic mass is 32.2. The van der Waals surface area contributed by atoms with Crippen molar-refractivity contribution in [3.63, 3.8) is 0 Å². The topological polar surface area (TPSA) is 94.1 Å². The molecule has 2 aliphatic heterocycles. The number of aliphatic hydroxyl groups excluding tert-OH is 1. The number of likely N-dealkylation sites (tertiary alicyclic amines) is 2. The minimum absolute atomic E-state index is 0.0494. The monoisotopic (exact) mass is 604 g/mol. The van der Waals surface area contributed by atoms with E-state index in [2.05, 4.69) is 46.0 Å². The summed E-state index contributed by atoms with van der Waals surface area (Å²) in [5.74, 6) is -0.179. The van der Waals surface area contributed by atoms with Crippen LogP contribution in [0.25, 0.3) is 0 Å². The summed E-state index contributed by atoms with van der Waals surface area (Å²) in [6.45, 7) is 10.0. The zero-order valence-corrected chi connectivity index (χ0v) is 26.4. The largest absolute Gasteiger partial charge is 0.395 e. The Kier molecular flexibility index (Phi) is 9.54. The maximum absolute atomic E-state index is 13.4. The predicted molar refractivity (Wildman–Crippen MR) is 170 cm³/mol. The van der Waals surface area contributed by atoms with E-state index >= 15 is 0 Å². The molecule has 5 rings (SSSR count). The summed E-state index contributed by atoms with van der Waals surface area (Å²) in [7, 11) is -3.50. The quantitative estimate of drug-likeness (QED) is 0.381. The summed E-state index contributed by atoms with van der Waals surface area (Å²) in [5, 5.41) is 9.17. The molecule has 2 aromatic carbocycles. The molecule has 230 valence electrons. The average molecular weight is 605 g/mol. The molecule has 0 saturated carbocycles. The number of anilines is 1. The predicted octanol–water partition coefficient (Wildman–Crippen LogP) is 4.63. The van der Waals surface area contributed by atoms with Crippen LogP contribution in [0.5, 0.6) is 0 Å². The summed E-state index contributed by atoms with van der Waals surface area (Å²) in [4.78, 5) is 25.0. The molecule has 1 amide bonds. The molecule has 3 heterocycles. The third kappa shape index (κ3) is 6.95. The maximum Gasteiger partial charge on any atom is 0.255 e. The number of hydrogen-bond acceptors (Lipinski definition) is 7. The van der Waals surface area contributed by atoms with Gasteiger partial charge in [0.15, 0.2) is 9.84 Å². The van der Waals surface area contributed by atoms with E-state index in [1.54, 1.807) is 18.3 Å². The van der Waals surface area contributed by atoms with E-state index in [1.165, 1.54) is 5.56 Å². The third-order valence-electron chi connectivity index (χ3n) is 9.44. The summed E-state index contributed by atoms with van der Waals surface area (Å²) in [6.07, 6.45) is 5.66. The second-order valence-electron chi connectivity index (χ2n) is 12.2. The average Bonchev–Trinajstić information content (AvgIpc) is 3.01. The van der Waals surface area contributed by atoms with Gasteiger partial charge in [-0.25, -0.2) is 8.42 Å². The molecule has 1 aromatic heterocycles. The lowest BCUT2D eigenvalue weighted by Crippen LogP contribution is -2.58. The van der Waals surface area contributed by atoms with E-state index in [0.717, 1.165) is 80.9 Å². The van der Waals surface area contributed by atoms with E-state index in [-0.39, 0.29) is 28.7 Å². The van der Waals surface area contributed by atoms with Crippen LogP contribution in [0.4, 0.5) is 5.69 Å². The summed E-state index contributed by atoms with van der Waals surface area (Å²) >= 11 is 0. The van der Waals surface area contributed by atoms with E-state index < -0.39 is 9.84 Å². The van der Waals surface area contributed by atoms with Crippen molar-refractivity contribution >= 4 is 21.4 Å². The van der Waals surface area contributed by atoms with Crippen LogP contribution >= 0.6 is 0 Å². The molecule has 0 spiro atoms. The van der Waals surface area contributed by atoms with Gasteiger partial charge in [0.25, 0.3) is 5.91 Å². The van der Waals surface area contributed by atoms with Crippen LogP contribution in [0.15, 0.2) is 71.8 Å². The SMILES string of the molecule is Cc1ccnc(C)c1C(=O)N1CCC(C)(N2CCC(N(Cc3ccccc3)c3ccc(S(=O)(=O)CCO)cc3)CC2)CC1. The Morgan fingerprint density at radius 1 is 0.977 bits per heavy atom. The van der Waals surface area contributed by atoms with Gasteiger partial charge in [0, 0.05) is 56.2 Å². The minimum atomic E-state index is -3.50. The Morgan fingerprint density at radius 3 is 2.23 bits per heavy atom. The van der Waals surface area contributed by atoms with Crippen molar-refractivity contribution in [2.24, 2.45) is 0 Å². The molecule has 2 fully saturated rings. The first-order chi connectivity index (χ1) is 20.6. The lowest BCUT2D eigenvalue weighted by atomic mass is 9.85. The van der Waals surface area contributed by atoms with Gasteiger partial charge in [0.05, 0.1) is 28.5 Å². The number of benzene rings is 2. The van der Waals surface area contributed by atoms with E-state index in [9.17, 15) is 13.2 Å². The van der Waals surface area contributed by atoms with Crippen LogP contribution in [-0.4, -0.2) is 84.3 Å². The molecule has 2 saturated heterocycles. The van der Waals surface area contributed by atoms with Crippen LogP contribution in [0.1, 0.15) is 59.8 Å². The molecule has 0 bridgehead atoms. The molecule has 9 heteroatoms. The number of sulfone groups is 1. The van der Waals surface area contributed by atoms with Crippen LogP contribution in [0.2, 0.25) is 0 Å². The molecule has 8 nitrogen and oxygen atoms in total. The highest BCUT2D eigenvalue weighted by Gasteiger charge is 2.39. The first-order valence-corrected chi connectivity index (χ1v) is 17.0. The Balaban J connectivity index is 1.25. The van der Waals surface area contributed by atoms with Crippen LogP contribution in [-0.2, 0) is 16.4 Å². The zero-order chi connectivity index (χ0) is 30.6. The summed E-state index contributed by atoms with van der Waals surface area (Å²) in [6, 6.07) is 19.7. The number of carbonyl (C=O) groups excluding carboxylic acids is 1. The van der Waals surface area contributed by atoms with Gasteiger partial charge in [-0.05, 0) is 87.9 Å². The number of aryl methyl sites for hydroxylation is 2. The Hall–Kier alpha value is -3.27. The smallest absolute Gasteiger partial charge is 0.255 e. The number of rotatable bonds is 9. The van der Waals surface area contributed by atoms with Gasteiger partial charge >= 0.3 is 0 Å². The van der Waals surface area contributed by atoms with Gasteiger partial charge in [0.2, 0.25) is 0 Å². The van der Waals surface area contributed by atoms with Gasteiger partial charge < -0.3 is 14.9 Å². The van der Waals surface area contributed by atoms with Gasteiger partial charge in [-0.1, -0.05) is 30.3 Å². The first kappa shape index (κ1) is 31.2. The van der Waals surface area contributed by atoms with Crippen LogP contribution < -0.4 is 4.90 Å². The zero-order valence-electron chi connectivity index (χ0n) is 25.6. The highest BCUT2D eigenvalue weighted by Crippen LogP contribution is 2.34. The first-order valence-electron chi connectivity index (χ1n) is 15.3. The van der Waals surface area contributed by atoms with Crippen molar-refractivity contribution in [3.05, 3.63) is 89.2 Å². The molecule has 0 radical (unpaired) electrons. The van der Waals surface area contributed by atoms with Gasteiger partial charge in [0.1, 0.15) is 0 Å². The lowest BCUT2D eigenvalue weighted by Gasteiger charge is -2.50. The van der Waals surface area contributed by atoms with Crippen molar-refractivity contribution in [1.82, 2.24) is 14.8 Å². The number of pyridine rings is 1. The number of nitrogens with zero attached hydrogens (tertiary/aromatic N) is 4. The van der Waals surface area contributed by atoms with Gasteiger partial charge in [-0.2, -0.15) is 0 Å². The number of aromatic nitrogens is 1. The maximum atomic E-state index is 13.4. The second-order valence-corrected chi connectivity index (χ2v) is 14.4. The van der Waals surface area contributed by atoms with E-state index in [1.807, 2.05) is 43.0 Å². The summed E-state index contributed by atoms with van der Waals surface area (Å²) in [5.41, 5.74) is 4.78. The Morgan fingerprint density at radius 2 is 1.63 bits per heavy atom. The van der Waals surface area contributed by atoms with Gasteiger partial charge in [-0.15, -0.1) is 0 Å². The fourth-order valence-electron chi connectivity index (χ4n) is 6.70. The van der Waals surface area contributed by atoms with Crippen LogP contribution in [0, 0.1) is 13.8 Å². The van der Waals surface area contributed by atoms with Crippen molar-refractivity contribution < 1.29 is 18.3 Å². The Bertz CT molecular complexity index is 1470. The molecule has 0 unspecified atom stereocenters. The number of aliphatic hydroxyl groups is 1. The molecule has 2 aliphatic rings. The van der Waals surface area contributed by atoms with E-state index in [4.69, 9.17) is 5.11 Å². The fraction of sp³-hybridized carbons (Fsp3) is 0.471. The second kappa shape index (κ2) is 13.2. The van der Waals surface area contributed by atoms with Crippen molar-refractivity contribution in [2.75, 3.05) is 43.4 Å². The molecular formula is C34H44N4O4S. The number of piperidine rings is 2. The number of hydrogen-bond donors (Lipinski definition) is 1. The Labute approximate surface area is 256 Å². The van der Waals surface area contributed by atoms with Crippen LogP contribution in [0.3, 0.4) is 0 Å². The normalized spacial score (nSPS) is 18.0. The van der Waals surface area contributed by atoms with Crippen molar-refractivity contribution in [1.29, 1.82) is 0 Å². The summed E-state index contributed by atoms with van der Waals surface area (Å²) < 4.78 is 25.0. The molecular weight excluding hydrogens is 560 g/mol. The van der Waals surface area contributed by atoms with E-state index in [0.29, 0.717) is 6.04 Å². The molecule has 1 N–H and O–H groups in total. The highest BCUT2D eigenvalue weighted by molar-refractivity contribution is 7.91. The molecule has 43 heavy (non-hydrogen) atoms. The standard InChI is InChI=1S/C34H44N4O4S/c1-26-13-18-35-27(2)32(26)33(40)36-21-16-34(3,17-22-36)37-19-14-30(15-20-37)38(25-28-7-5-4-6-8-28)29-9-11-31(12-10-29)43(41,42)24-23-39/h4-13,18,30,39H,14-17,19-25H2,1-3H3. The van der Waals surface area contributed by atoms with Crippen molar-refractivity contribution in [2.45, 2.75) is 69.5 Å². The van der Waals surface area contributed by atoms with Gasteiger partial charge in [-0.3, -0.25) is 14.7 Å².